The van der Waals surface area contributed by atoms with Crippen molar-refractivity contribution in [3.05, 3.63) is 11.7 Å². The molecular weight excluding hydrogens is 214 g/mol. The molecule has 0 aliphatic heterocycles. The largest absolute Gasteiger partial charge is 0.381 e. The fraction of sp³-hybridized carbons (Fsp3) is 0.667. The number of nitriles is 1. The molecule has 0 bridgehead atoms. The summed E-state index contributed by atoms with van der Waals surface area (Å²) in [5.74, 6) is 2.24. The third-order valence-corrected chi connectivity index (χ3v) is 2.56. The third kappa shape index (κ3) is 4.32. The molecule has 1 rings (SSSR count). The smallest absolute Gasteiger partial charge is 0.236 e. The maximum atomic E-state index is 8.35. The number of hydrogen-bond acceptors (Lipinski definition) is 6. The third-order valence-electron chi connectivity index (χ3n) is 1.77. The Morgan fingerprint density at radius 2 is 2.47 bits per heavy atom. The van der Waals surface area contributed by atoms with Gasteiger partial charge in [-0.1, -0.05) is 5.16 Å². The molecule has 5 nitrogen and oxygen atoms in total. The van der Waals surface area contributed by atoms with E-state index in [1.165, 1.54) is 11.8 Å². The van der Waals surface area contributed by atoms with Gasteiger partial charge in [0.25, 0.3) is 0 Å². The summed E-state index contributed by atoms with van der Waals surface area (Å²) in [6.45, 7) is 1.94. The van der Waals surface area contributed by atoms with Gasteiger partial charge < -0.3 is 9.26 Å². The van der Waals surface area contributed by atoms with E-state index in [4.69, 9.17) is 14.5 Å². The van der Waals surface area contributed by atoms with Crippen molar-refractivity contribution in [2.45, 2.75) is 25.2 Å². The average molecular weight is 227 g/mol. The van der Waals surface area contributed by atoms with Gasteiger partial charge in [-0.25, -0.2) is 0 Å². The minimum atomic E-state index is 0.0854. The molecule has 1 unspecified atom stereocenters. The molecule has 0 saturated carbocycles. The van der Waals surface area contributed by atoms with E-state index in [0.29, 0.717) is 29.6 Å². The molecule has 1 aromatic rings. The fourth-order valence-corrected chi connectivity index (χ4v) is 1.44. The van der Waals surface area contributed by atoms with Crippen LogP contribution in [0.2, 0.25) is 0 Å². The van der Waals surface area contributed by atoms with Gasteiger partial charge in [-0.3, -0.25) is 0 Å². The molecule has 0 aliphatic rings. The van der Waals surface area contributed by atoms with Crippen molar-refractivity contribution in [2.75, 3.05) is 12.9 Å². The van der Waals surface area contributed by atoms with Gasteiger partial charge in [0.2, 0.25) is 5.89 Å². The van der Waals surface area contributed by atoms with E-state index in [9.17, 15) is 0 Å². The summed E-state index contributed by atoms with van der Waals surface area (Å²) in [6, 6.07) is 2.04. The molecule has 0 spiro atoms. The van der Waals surface area contributed by atoms with Gasteiger partial charge >= 0.3 is 0 Å². The molecule has 0 saturated heterocycles. The molecule has 0 aromatic carbocycles. The van der Waals surface area contributed by atoms with E-state index in [1.807, 2.05) is 13.0 Å². The normalized spacial score (nSPS) is 12.3. The Kier molecular flexibility index (Phi) is 5.15. The second-order valence-corrected chi connectivity index (χ2v) is 3.99. The lowest BCUT2D eigenvalue weighted by atomic mass is 10.3. The van der Waals surface area contributed by atoms with Crippen LogP contribution in [0, 0.1) is 11.3 Å². The predicted octanol–water partition coefficient (Wildman–Crippen LogP) is 1.40. The molecule has 0 aliphatic carbocycles. The fourth-order valence-electron chi connectivity index (χ4n) is 0.956. The lowest BCUT2D eigenvalue weighted by Gasteiger charge is -2.03. The molecule has 15 heavy (non-hydrogen) atoms. The number of rotatable bonds is 6. The summed E-state index contributed by atoms with van der Waals surface area (Å²) >= 11 is 1.46. The molecule has 82 valence electrons. The van der Waals surface area contributed by atoms with Crippen LogP contribution < -0.4 is 0 Å². The highest BCUT2D eigenvalue weighted by molar-refractivity contribution is 7.98. The van der Waals surface area contributed by atoms with Gasteiger partial charge in [0.05, 0.1) is 23.7 Å². The Bertz CT molecular complexity index is 334. The van der Waals surface area contributed by atoms with Crippen LogP contribution in [0.25, 0.3) is 0 Å². The van der Waals surface area contributed by atoms with Crippen molar-refractivity contribution in [2.24, 2.45) is 0 Å². The van der Waals surface area contributed by atoms with Crippen molar-refractivity contribution < 1.29 is 9.26 Å². The van der Waals surface area contributed by atoms with Gasteiger partial charge in [0, 0.05) is 13.5 Å². The SMILES string of the molecule is COC(C)Cc1noc(CSCC#N)n1. The molecule has 0 radical (unpaired) electrons. The second kappa shape index (κ2) is 6.43. The topological polar surface area (TPSA) is 71.9 Å². The molecular formula is C9H13N3O2S. The van der Waals surface area contributed by atoms with E-state index in [-0.39, 0.29) is 6.10 Å². The second-order valence-electron chi connectivity index (χ2n) is 3.01. The maximum absolute atomic E-state index is 8.35. The first-order valence-electron chi connectivity index (χ1n) is 4.55. The van der Waals surface area contributed by atoms with Crippen LogP contribution in [0.1, 0.15) is 18.6 Å². The Labute approximate surface area is 92.8 Å². The van der Waals surface area contributed by atoms with Crippen molar-refractivity contribution in [3.63, 3.8) is 0 Å². The standard InChI is InChI=1S/C9H13N3O2S/c1-7(13-2)5-8-11-9(14-12-8)6-15-4-3-10/h7H,4-6H2,1-2H3. The molecule has 1 atom stereocenters. The number of nitrogens with zero attached hydrogens (tertiary/aromatic N) is 3. The van der Waals surface area contributed by atoms with Crippen LogP contribution in [0.3, 0.4) is 0 Å². The average Bonchev–Trinajstić information content (AvgIpc) is 2.66. The Morgan fingerprint density at radius 3 is 3.13 bits per heavy atom. The highest BCUT2D eigenvalue weighted by Gasteiger charge is 2.09. The van der Waals surface area contributed by atoms with Crippen LogP contribution in [0.15, 0.2) is 4.52 Å². The first-order valence-corrected chi connectivity index (χ1v) is 5.70. The molecule has 0 N–H and O–H groups in total. The Hall–Kier alpha value is -1.06. The van der Waals surface area contributed by atoms with E-state index in [0.717, 1.165) is 0 Å². The quantitative estimate of drug-likeness (QED) is 0.684. The van der Waals surface area contributed by atoms with Gasteiger partial charge in [0.15, 0.2) is 5.82 Å². The molecule has 6 heteroatoms. The number of aromatic nitrogens is 2. The molecule has 1 heterocycles. The first-order chi connectivity index (χ1) is 7.26. The number of hydrogen-bond donors (Lipinski definition) is 0. The number of thioether (sulfide) groups is 1. The van der Waals surface area contributed by atoms with Gasteiger partial charge in [-0.15, -0.1) is 11.8 Å². The maximum Gasteiger partial charge on any atom is 0.236 e. The molecule has 0 amide bonds. The molecule has 0 fully saturated rings. The van der Waals surface area contributed by atoms with Crippen molar-refractivity contribution >= 4 is 11.8 Å². The Balaban J connectivity index is 2.39. The predicted molar refractivity (Wildman–Crippen MR) is 56.2 cm³/mol. The van der Waals surface area contributed by atoms with Crippen LogP contribution in [0.4, 0.5) is 0 Å². The van der Waals surface area contributed by atoms with E-state index < -0.39 is 0 Å². The zero-order valence-electron chi connectivity index (χ0n) is 8.77. The first kappa shape index (κ1) is 12.0. The summed E-state index contributed by atoms with van der Waals surface area (Å²) < 4.78 is 10.1. The summed E-state index contributed by atoms with van der Waals surface area (Å²) in [6.07, 6.45) is 0.727. The zero-order chi connectivity index (χ0) is 11.1. The van der Waals surface area contributed by atoms with Crippen LogP contribution in [-0.2, 0) is 16.9 Å². The minimum absolute atomic E-state index is 0.0854. The number of methoxy groups -OCH3 is 1. The minimum Gasteiger partial charge on any atom is -0.381 e. The lowest BCUT2D eigenvalue weighted by Crippen LogP contribution is -2.09. The van der Waals surface area contributed by atoms with Crippen LogP contribution in [0.5, 0.6) is 0 Å². The van der Waals surface area contributed by atoms with Crippen molar-refractivity contribution in [1.29, 1.82) is 5.26 Å². The van der Waals surface area contributed by atoms with Crippen molar-refractivity contribution in [3.8, 4) is 6.07 Å². The summed E-state index contributed by atoms with van der Waals surface area (Å²) in [4.78, 5) is 4.18. The molecule has 1 aromatic heterocycles. The summed E-state index contributed by atoms with van der Waals surface area (Å²) in [5, 5.41) is 12.2. The monoisotopic (exact) mass is 227 g/mol. The van der Waals surface area contributed by atoms with E-state index >= 15 is 0 Å². The van der Waals surface area contributed by atoms with Gasteiger partial charge in [0.1, 0.15) is 0 Å². The highest BCUT2D eigenvalue weighted by Crippen LogP contribution is 2.10. The van der Waals surface area contributed by atoms with Crippen LogP contribution >= 0.6 is 11.8 Å². The summed E-state index contributed by atoms with van der Waals surface area (Å²) in [7, 11) is 1.65. The number of ether oxygens (including phenoxy) is 1. The van der Waals surface area contributed by atoms with Crippen LogP contribution in [-0.4, -0.2) is 29.1 Å². The summed E-state index contributed by atoms with van der Waals surface area (Å²) in [5.41, 5.74) is 0. The Morgan fingerprint density at radius 1 is 1.67 bits per heavy atom. The zero-order valence-corrected chi connectivity index (χ0v) is 9.58. The van der Waals surface area contributed by atoms with E-state index in [2.05, 4.69) is 10.1 Å². The van der Waals surface area contributed by atoms with E-state index in [1.54, 1.807) is 7.11 Å². The lowest BCUT2D eigenvalue weighted by molar-refractivity contribution is 0.116. The van der Waals surface area contributed by atoms with Gasteiger partial charge in [-0.05, 0) is 6.92 Å². The highest BCUT2D eigenvalue weighted by atomic mass is 32.2. The van der Waals surface area contributed by atoms with Gasteiger partial charge in [-0.2, -0.15) is 10.2 Å². The van der Waals surface area contributed by atoms with Crippen molar-refractivity contribution in [1.82, 2.24) is 10.1 Å².